The minimum Gasteiger partial charge on any atom is -0.334 e. The smallest absolute Gasteiger partial charge is 0.259 e. The van der Waals surface area contributed by atoms with E-state index in [0.717, 1.165) is 5.56 Å². The van der Waals surface area contributed by atoms with Crippen LogP contribution in [0.3, 0.4) is 0 Å². The monoisotopic (exact) mass is 234 g/mol. The second kappa shape index (κ2) is 4.98. The third-order valence-electron chi connectivity index (χ3n) is 2.17. The fourth-order valence-electron chi connectivity index (χ4n) is 1.39. The molecule has 0 saturated carbocycles. The molecule has 17 heavy (non-hydrogen) atoms. The first-order chi connectivity index (χ1) is 8.16. The van der Waals surface area contributed by atoms with E-state index in [0.29, 0.717) is 18.3 Å². The first-order valence-electron chi connectivity index (χ1n) is 5.18. The van der Waals surface area contributed by atoms with Gasteiger partial charge >= 0.3 is 0 Å². The minimum atomic E-state index is -0.266. The number of aromatic nitrogens is 4. The molecule has 0 aromatic carbocycles. The normalized spacial score (nSPS) is 12.9. The molecule has 0 aliphatic heterocycles. The molecule has 2 aromatic rings. The van der Waals surface area contributed by atoms with Gasteiger partial charge in [-0.15, -0.1) is 0 Å². The van der Waals surface area contributed by atoms with Crippen molar-refractivity contribution in [3.8, 4) is 11.5 Å². The van der Waals surface area contributed by atoms with E-state index in [1.165, 1.54) is 0 Å². The number of nitrogens with zero attached hydrogens (tertiary/aromatic N) is 5. The summed E-state index contributed by atoms with van der Waals surface area (Å²) in [6.45, 7) is 0.660. The maximum absolute atomic E-state index is 5.93. The third-order valence-corrected chi connectivity index (χ3v) is 2.17. The van der Waals surface area contributed by atoms with Crippen molar-refractivity contribution in [2.24, 2.45) is 5.73 Å². The van der Waals surface area contributed by atoms with Gasteiger partial charge in [0.1, 0.15) is 0 Å². The summed E-state index contributed by atoms with van der Waals surface area (Å²) in [6, 6.07) is 1.49. The van der Waals surface area contributed by atoms with Gasteiger partial charge in [0.2, 0.25) is 0 Å². The van der Waals surface area contributed by atoms with E-state index in [9.17, 15) is 0 Å². The molecule has 2 heterocycles. The summed E-state index contributed by atoms with van der Waals surface area (Å²) in [5.41, 5.74) is 6.66. The lowest BCUT2D eigenvalue weighted by molar-refractivity contribution is 0.357. The number of nitrogens with two attached hydrogens (primary N) is 1. The van der Waals surface area contributed by atoms with Gasteiger partial charge in [-0.05, 0) is 20.2 Å². The average Bonchev–Trinajstić information content (AvgIpc) is 2.78. The van der Waals surface area contributed by atoms with Gasteiger partial charge in [0.05, 0.1) is 24.0 Å². The highest BCUT2D eigenvalue weighted by Crippen LogP contribution is 2.16. The highest BCUT2D eigenvalue weighted by Gasteiger charge is 2.15. The van der Waals surface area contributed by atoms with Crippen molar-refractivity contribution in [2.75, 3.05) is 20.6 Å². The van der Waals surface area contributed by atoms with Crippen molar-refractivity contribution in [2.45, 2.75) is 6.04 Å². The predicted octanol–water partition coefficient (Wildman–Crippen LogP) is 0.0880. The lowest BCUT2D eigenvalue weighted by Crippen LogP contribution is -2.26. The van der Waals surface area contributed by atoms with E-state index in [1.807, 2.05) is 19.0 Å². The standard InChI is InChI=1S/C10H14N6O/c1-16(2)6-8(11)9-14-10(17-15-9)7-3-4-12-13-5-7/h3-5,8H,6,11H2,1-2H3. The quantitative estimate of drug-likeness (QED) is 0.800. The van der Waals surface area contributed by atoms with Crippen LogP contribution in [-0.2, 0) is 0 Å². The Hall–Kier alpha value is -1.86. The Labute approximate surface area is 98.6 Å². The van der Waals surface area contributed by atoms with Crippen LogP contribution in [0.1, 0.15) is 11.9 Å². The van der Waals surface area contributed by atoms with Gasteiger partial charge in [0.15, 0.2) is 5.82 Å². The third kappa shape index (κ3) is 2.83. The van der Waals surface area contributed by atoms with Gasteiger partial charge in [-0.3, -0.25) is 0 Å². The Morgan fingerprint density at radius 3 is 2.88 bits per heavy atom. The van der Waals surface area contributed by atoms with E-state index in [2.05, 4.69) is 20.3 Å². The first-order valence-corrected chi connectivity index (χ1v) is 5.18. The summed E-state index contributed by atoms with van der Waals surface area (Å²) >= 11 is 0. The summed E-state index contributed by atoms with van der Waals surface area (Å²) in [7, 11) is 3.88. The second-order valence-electron chi connectivity index (χ2n) is 3.96. The molecule has 7 nitrogen and oxygen atoms in total. The Kier molecular flexibility index (Phi) is 3.40. The Balaban J connectivity index is 2.16. The van der Waals surface area contributed by atoms with Gasteiger partial charge in [0.25, 0.3) is 5.89 Å². The molecule has 2 rings (SSSR count). The highest BCUT2D eigenvalue weighted by atomic mass is 16.5. The SMILES string of the molecule is CN(C)CC(N)c1noc(-c2ccnnc2)n1. The highest BCUT2D eigenvalue weighted by molar-refractivity contribution is 5.49. The summed E-state index contributed by atoms with van der Waals surface area (Å²) in [4.78, 5) is 6.20. The van der Waals surface area contributed by atoms with Gasteiger partial charge < -0.3 is 15.2 Å². The van der Waals surface area contributed by atoms with E-state index < -0.39 is 0 Å². The predicted molar refractivity (Wildman–Crippen MR) is 60.8 cm³/mol. The van der Waals surface area contributed by atoms with Gasteiger partial charge in [-0.25, -0.2) is 0 Å². The van der Waals surface area contributed by atoms with Crippen molar-refractivity contribution in [1.29, 1.82) is 0 Å². The average molecular weight is 234 g/mol. The van der Waals surface area contributed by atoms with E-state index in [4.69, 9.17) is 10.3 Å². The zero-order chi connectivity index (χ0) is 12.3. The molecular weight excluding hydrogens is 220 g/mol. The molecule has 0 aliphatic carbocycles. The van der Waals surface area contributed by atoms with E-state index in [1.54, 1.807) is 18.5 Å². The Bertz CT molecular complexity index is 469. The Morgan fingerprint density at radius 2 is 2.24 bits per heavy atom. The van der Waals surface area contributed by atoms with Gasteiger partial charge in [-0.2, -0.15) is 15.2 Å². The molecule has 90 valence electrons. The molecule has 2 aromatic heterocycles. The maximum atomic E-state index is 5.93. The van der Waals surface area contributed by atoms with Crippen molar-refractivity contribution in [3.63, 3.8) is 0 Å². The Morgan fingerprint density at radius 1 is 1.41 bits per heavy atom. The number of hydrogen-bond acceptors (Lipinski definition) is 7. The van der Waals surface area contributed by atoms with Crippen LogP contribution in [-0.4, -0.2) is 45.9 Å². The molecule has 0 radical (unpaired) electrons. The zero-order valence-corrected chi connectivity index (χ0v) is 9.74. The fourth-order valence-corrected chi connectivity index (χ4v) is 1.39. The van der Waals surface area contributed by atoms with E-state index in [-0.39, 0.29) is 6.04 Å². The summed E-state index contributed by atoms with van der Waals surface area (Å²) in [5.74, 6) is 0.898. The topological polar surface area (TPSA) is 94.0 Å². The van der Waals surface area contributed by atoms with Crippen molar-refractivity contribution < 1.29 is 4.52 Å². The number of likely N-dealkylation sites (N-methyl/N-ethyl adjacent to an activating group) is 1. The summed E-state index contributed by atoms with van der Waals surface area (Å²) in [5, 5.41) is 11.3. The molecule has 0 fully saturated rings. The number of rotatable bonds is 4. The molecular formula is C10H14N6O. The van der Waals surface area contributed by atoms with Crippen molar-refractivity contribution >= 4 is 0 Å². The summed E-state index contributed by atoms with van der Waals surface area (Å²) < 4.78 is 5.13. The van der Waals surface area contributed by atoms with Crippen LogP contribution < -0.4 is 5.73 Å². The van der Waals surface area contributed by atoms with Crippen molar-refractivity contribution in [1.82, 2.24) is 25.2 Å². The lowest BCUT2D eigenvalue weighted by atomic mass is 10.3. The molecule has 0 amide bonds. The van der Waals surface area contributed by atoms with Gasteiger partial charge in [-0.1, -0.05) is 5.16 Å². The van der Waals surface area contributed by atoms with Crippen LogP contribution in [0.5, 0.6) is 0 Å². The van der Waals surface area contributed by atoms with Crippen LogP contribution in [0.25, 0.3) is 11.5 Å². The largest absolute Gasteiger partial charge is 0.334 e. The van der Waals surface area contributed by atoms with Crippen LogP contribution in [0, 0.1) is 0 Å². The van der Waals surface area contributed by atoms with E-state index >= 15 is 0 Å². The molecule has 0 aliphatic rings. The fraction of sp³-hybridized carbons (Fsp3) is 0.400. The van der Waals surface area contributed by atoms with Crippen LogP contribution in [0.2, 0.25) is 0 Å². The molecule has 7 heteroatoms. The maximum Gasteiger partial charge on any atom is 0.259 e. The molecule has 1 atom stereocenters. The minimum absolute atomic E-state index is 0.266. The lowest BCUT2D eigenvalue weighted by Gasteiger charge is -2.12. The van der Waals surface area contributed by atoms with Gasteiger partial charge in [0, 0.05) is 6.54 Å². The molecule has 0 bridgehead atoms. The van der Waals surface area contributed by atoms with Crippen LogP contribution >= 0.6 is 0 Å². The molecule has 0 spiro atoms. The van der Waals surface area contributed by atoms with Crippen LogP contribution in [0.4, 0.5) is 0 Å². The van der Waals surface area contributed by atoms with Crippen LogP contribution in [0.15, 0.2) is 23.0 Å². The van der Waals surface area contributed by atoms with Crippen molar-refractivity contribution in [3.05, 3.63) is 24.3 Å². The second-order valence-corrected chi connectivity index (χ2v) is 3.96. The zero-order valence-electron chi connectivity index (χ0n) is 9.74. The first kappa shape index (κ1) is 11.6. The molecule has 1 unspecified atom stereocenters. The molecule has 2 N–H and O–H groups in total. The molecule has 0 saturated heterocycles. The summed E-state index contributed by atoms with van der Waals surface area (Å²) in [6.07, 6.45) is 3.13. The number of hydrogen-bond donors (Lipinski definition) is 1.